The molecule has 2 nitrogen and oxygen atoms in total. The van der Waals surface area contributed by atoms with E-state index in [0.29, 0.717) is 5.56 Å². The van der Waals surface area contributed by atoms with Crippen LogP contribution in [0, 0.1) is 11.3 Å². The van der Waals surface area contributed by atoms with Gasteiger partial charge in [-0.25, -0.2) is 0 Å². The molecular formula is C18H19NOS. The van der Waals surface area contributed by atoms with Crippen LogP contribution in [0.3, 0.4) is 0 Å². The molecule has 0 bridgehead atoms. The number of rotatable bonds is 7. The number of ether oxygens (including phenoxy) is 1. The van der Waals surface area contributed by atoms with Gasteiger partial charge in [0, 0.05) is 0 Å². The molecule has 0 atom stereocenters. The first-order valence-corrected chi connectivity index (χ1v) is 7.81. The van der Waals surface area contributed by atoms with Crippen LogP contribution >= 0.6 is 12.6 Å². The van der Waals surface area contributed by atoms with Crippen molar-refractivity contribution < 1.29 is 4.74 Å². The van der Waals surface area contributed by atoms with E-state index < -0.39 is 0 Å². The lowest BCUT2D eigenvalue weighted by molar-refractivity contribution is 0.306. The second-order valence-corrected chi connectivity index (χ2v) is 5.29. The molecular weight excluding hydrogens is 278 g/mol. The number of unbranched alkanes of at least 4 members (excludes halogenated alkanes) is 2. The molecule has 0 unspecified atom stereocenters. The second kappa shape index (κ2) is 8.39. The van der Waals surface area contributed by atoms with Gasteiger partial charge in [0.2, 0.25) is 0 Å². The first-order valence-electron chi connectivity index (χ1n) is 7.18. The smallest absolute Gasteiger partial charge is 0.119 e. The predicted octanol–water partition coefficient (Wildman–Crippen LogP) is 4.70. The summed E-state index contributed by atoms with van der Waals surface area (Å²) in [6.07, 6.45) is 3.37. The highest BCUT2D eigenvalue weighted by atomic mass is 32.1. The zero-order valence-corrected chi connectivity index (χ0v) is 12.9. The summed E-state index contributed by atoms with van der Waals surface area (Å²) >= 11 is 4.19. The molecule has 0 saturated carbocycles. The second-order valence-electron chi connectivity index (χ2n) is 4.85. The number of nitriles is 1. The average Bonchev–Trinajstić information content (AvgIpc) is 2.55. The van der Waals surface area contributed by atoms with E-state index in [1.807, 2.05) is 48.5 Å². The molecule has 108 valence electrons. The molecule has 0 aliphatic carbocycles. The minimum absolute atomic E-state index is 0.680. The summed E-state index contributed by atoms with van der Waals surface area (Å²) in [6.45, 7) is 0.754. The van der Waals surface area contributed by atoms with Gasteiger partial charge in [-0.15, -0.1) is 0 Å². The molecule has 21 heavy (non-hydrogen) atoms. The Morgan fingerprint density at radius 3 is 2.05 bits per heavy atom. The van der Waals surface area contributed by atoms with E-state index in [4.69, 9.17) is 10.00 Å². The molecule has 0 fully saturated rings. The Balaban J connectivity index is 1.90. The number of hydrogen-bond acceptors (Lipinski definition) is 3. The van der Waals surface area contributed by atoms with Crippen LogP contribution < -0.4 is 4.74 Å². The summed E-state index contributed by atoms with van der Waals surface area (Å²) in [5.41, 5.74) is 2.91. The van der Waals surface area contributed by atoms with Gasteiger partial charge in [0.05, 0.1) is 18.2 Å². The highest BCUT2D eigenvalue weighted by Gasteiger charge is 1.99. The number of thiol groups is 1. The van der Waals surface area contributed by atoms with Crippen LogP contribution in [-0.4, -0.2) is 12.4 Å². The Bertz CT molecular complexity index is 584. The molecule has 3 heteroatoms. The number of nitrogens with zero attached hydrogens (tertiary/aromatic N) is 1. The van der Waals surface area contributed by atoms with E-state index in [9.17, 15) is 0 Å². The Morgan fingerprint density at radius 2 is 1.48 bits per heavy atom. The molecule has 0 amide bonds. The Labute approximate surface area is 131 Å². The van der Waals surface area contributed by atoms with Crippen molar-refractivity contribution in [1.29, 1.82) is 5.26 Å². The Morgan fingerprint density at radius 1 is 0.857 bits per heavy atom. The molecule has 2 aromatic carbocycles. The molecule has 0 heterocycles. The standard InChI is InChI=1S/C18H19NOS/c19-14-15-4-6-16(7-5-15)17-8-10-18(11-9-17)20-12-2-1-3-13-21/h4-11,21H,1-3,12-13H2. The Kier molecular flexibility index (Phi) is 6.18. The van der Waals surface area contributed by atoms with Crippen LogP contribution in [0.5, 0.6) is 5.75 Å². The molecule has 0 aliphatic rings. The lowest BCUT2D eigenvalue weighted by Gasteiger charge is -2.07. The number of benzene rings is 2. The molecule has 0 aliphatic heterocycles. The summed E-state index contributed by atoms with van der Waals surface area (Å²) in [5, 5.41) is 8.80. The summed E-state index contributed by atoms with van der Waals surface area (Å²) in [5.74, 6) is 1.84. The highest BCUT2D eigenvalue weighted by molar-refractivity contribution is 7.80. The quantitative estimate of drug-likeness (QED) is 0.593. The van der Waals surface area contributed by atoms with Crippen molar-refractivity contribution >= 4 is 12.6 Å². The first kappa shape index (κ1) is 15.5. The third-order valence-corrected chi connectivity index (χ3v) is 3.59. The van der Waals surface area contributed by atoms with Gasteiger partial charge in [-0.2, -0.15) is 17.9 Å². The minimum atomic E-state index is 0.680. The lowest BCUT2D eigenvalue weighted by Crippen LogP contribution is -1.97. The maximum atomic E-state index is 8.80. The van der Waals surface area contributed by atoms with E-state index in [1.54, 1.807) is 0 Å². The molecule has 0 aromatic heterocycles. The van der Waals surface area contributed by atoms with Gasteiger partial charge in [-0.05, 0) is 60.4 Å². The van der Waals surface area contributed by atoms with E-state index in [-0.39, 0.29) is 0 Å². The molecule has 0 saturated heterocycles. The summed E-state index contributed by atoms with van der Waals surface area (Å²) in [4.78, 5) is 0. The summed E-state index contributed by atoms with van der Waals surface area (Å²) in [7, 11) is 0. The largest absolute Gasteiger partial charge is 0.494 e. The normalized spacial score (nSPS) is 10.1. The molecule has 0 spiro atoms. The molecule has 0 N–H and O–H groups in total. The highest BCUT2D eigenvalue weighted by Crippen LogP contribution is 2.22. The fourth-order valence-electron chi connectivity index (χ4n) is 2.06. The monoisotopic (exact) mass is 297 g/mol. The van der Waals surface area contributed by atoms with E-state index >= 15 is 0 Å². The van der Waals surface area contributed by atoms with Crippen LogP contribution in [0.15, 0.2) is 48.5 Å². The number of hydrogen-bond donors (Lipinski definition) is 1. The molecule has 2 aromatic rings. The fraction of sp³-hybridized carbons (Fsp3) is 0.278. The molecule has 2 rings (SSSR count). The van der Waals surface area contributed by atoms with Crippen molar-refractivity contribution in [2.75, 3.05) is 12.4 Å². The van der Waals surface area contributed by atoms with Gasteiger partial charge in [0.15, 0.2) is 0 Å². The van der Waals surface area contributed by atoms with Crippen molar-refractivity contribution in [3.05, 3.63) is 54.1 Å². The maximum absolute atomic E-state index is 8.80. The van der Waals surface area contributed by atoms with Gasteiger partial charge >= 0.3 is 0 Å². The van der Waals surface area contributed by atoms with Crippen molar-refractivity contribution in [1.82, 2.24) is 0 Å². The summed E-state index contributed by atoms with van der Waals surface area (Å²) in [6, 6.07) is 17.8. The van der Waals surface area contributed by atoms with Gasteiger partial charge in [0.25, 0.3) is 0 Å². The SMILES string of the molecule is N#Cc1ccc(-c2ccc(OCCCCCS)cc2)cc1. The lowest BCUT2D eigenvalue weighted by atomic mass is 10.0. The zero-order valence-electron chi connectivity index (χ0n) is 12.0. The van der Waals surface area contributed by atoms with Crippen molar-refractivity contribution in [3.8, 4) is 22.9 Å². The zero-order chi connectivity index (χ0) is 14.9. The van der Waals surface area contributed by atoms with Crippen molar-refractivity contribution in [2.45, 2.75) is 19.3 Å². The topological polar surface area (TPSA) is 33.0 Å². The van der Waals surface area contributed by atoms with E-state index in [1.165, 1.54) is 0 Å². The third-order valence-electron chi connectivity index (χ3n) is 3.27. The minimum Gasteiger partial charge on any atom is -0.494 e. The molecule has 0 radical (unpaired) electrons. The van der Waals surface area contributed by atoms with Crippen LogP contribution in [0.1, 0.15) is 24.8 Å². The van der Waals surface area contributed by atoms with E-state index in [0.717, 1.165) is 48.5 Å². The van der Waals surface area contributed by atoms with Gasteiger partial charge < -0.3 is 4.74 Å². The van der Waals surface area contributed by atoms with Crippen LogP contribution in [-0.2, 0) is 0 Å². The average molecular weight is 297 g/mol. The first-order chi connectivity index (χ1) is 10.3. The van der Waals surface area contributed by atoms with Gasteiger partial charge in [-0.3, -0.25) is 0 Å². The maximum Gasteiger partial charge on any atom is 0.119 e. The van der Waals surface area contributed by atoms with Crippen LogP contribution in [0.4, 0.5) is 0 Å². The predicted molar refractivity (Wildman–Crippen MR) is 89.8 cm³/mol. The Hall–Kier alpha value is -1.92. The van der Waals surface area contributed by atoms with Crippen molar-refractivity contribution in [3.63, 3.8) is 0 Å². The van der Waals surface area contributed by atoms with Gasteiger partial charge in [0.1, 0.15) is 5.75 Å². The summed E-state index contributed by atoms with van der Waals surface area (Å²) < 4.78 is 5.71. The van der Waals surface area contributed by atoms with E-state index in [2.05, 4.69) is 18.7 Å². The van der Waals surface area contributed by atoms with Gasteiger partial charge in [-0.1, -0.05) is 24.3 Å². The van der Waals surface area contributed by atoms with Crippen LogP contribution in [0.2, 0.25) is 0 Å². The van der Waals surface area contributed by atoms with Crippen molar-refractivity contribution in [2.24, 2.45) is 0 Å². The third kappa shape index (κ3) is 4.84. The fourth-order valence-corrected chi connectivity index (χ4v) is 2.29. The van der Waals surface area contributed by atoms with Crippen LogP contribution in [0.25, 0.3) is 11.1 Å².